The van der Waals surface area contributed by atoms with Gasteiger partial charge in [-0.05, 0) is 62.4 Å². The summed E-state index contributed by atoms with van der Waals surface area (Å²) in [6.07, 6.45) is 0. The third kappa shape index (κ3) is 3.56. The van der Waals surface area contributed by atoms with Gasteiger partial charge in [-0.15, -0.1) is 0 Å². The SMILES string of the molecule is CCN(CC)c1ccc2c(c1)Oc1ccc(NC(=O)c3ccccc3)cc1C21OC(=O)c2ccccc21. The number of hydrogen-bond acceptors (Lipinski definition) is 5. The van der Waals surface area contributed by atoms with Crippen LogP contribution in [-0.2, 0) is 10.3 Å². The molecule has 37 heavy (non-hydrogen) atoms. The number of rotatable bonds is 5. The van der Waals surface area contributed by atoms with E-state index in [1.807, 2.05) is 66.7 Å². The van der Waals surface area contributed by atoms with Gasteiger partial charge in [-0.2, -0.15) is 0 Å². The molecule has 4 aromatic rings. The summed E-state index contributed by atoms with van der Waals surface area (Å²) < 4.78 is 12.7. The molecule has 0 saturated heterocycles. The van der Waals surface area contributed by atoms with Gasteiger partial charge in [0, 0.05) is 52.8 Å². The summed E-state index contributed by atoms with van der Waals surface area (Å²) in [5, 5.41) is 2.97. The minimum Gasteiger partial charge on any atom is -0.456 e. The van der Waals surface area contributed by atoms with Gasteiger partial charge in [0.05, 0.1) is 5.56 Å². The molecule has 0 radical (unpaired) electrons. The largest absolute Gasteiger partial charge is 0.456 e. The molecule has 0 fully saturated rings. The van der Waals surface area contributed by atoms with Gasteiger partial charge in [0.25, 0.3) is 5.91 Å². The normalized spacial score (nSPS) is 16.8. The molecule has 6 rings (SSSR count). The number of hydrogen-bond donors (Lipinski definition) is 1. The second-order valence-electron chi connectivity index (χ2n) is 9.10. The summed E-state index contributed by atoms with van der Waals surface area (Å²) in [6.45, 7) is 5.94. The second kappa shape index (κ2) is 8.82. The maximum atomic E-state index is 13.1. The molecule has 6 heteroatoms. The van der Waals surface area contributed by atoms with Crippen molar-refractivity contribution < 1.29 is 19.1 Å². The molecule has 0 aromatic heterocycles. The molecule has 0 bridgehead atoms. The van der Waals surface area contributed by atoms with E-state index in [1.165, 1.54) is 0 Å². The number of amides is 1. The lowest BCUT2D eigenvalue weighted by Gasteiger charge is -2.37. The first-order valence-corrected chi connectivity index (χ1v) is 12.5. The highest BCUT2D eigenvalue weighted by molar-refractivity contribution is 6.04. The summed E-state index contributed by atoms with van der Waals surface area (Å²) in [7, 11) is 0. The van der Waals surface area contributed by atoms with Crippen molar-refractivity contribution in [3.63, 3.8) is 0 Å². The number of nitrogens with zero attached hydrogens (tertiary/aromatic N) is 1. The molecular weight excluding hydrogens is 464 g/mol. The van der Waals surface area contributed by atoms with Crippen LogP contribution in [0.1, 0.15) is 51.3 Å². The number of benzene rings is 4. The zero-order valence-electron chi connectivity index (χ0n) is 20.7. The fourth-order valence-corrected chi connectivity index (χ4v) is 5.32. The van der Waals surface area contributed by atoms with Crippen LogP contribution in [0.5, 0.6) is 11.5 Å². The number of nitrogens with one attached hydrogen (secondary N) is 1. The highest BCUT2D eigenvalue weighted by Crippen LogP contribution is 2.57. The van der Waals surface area contributed by atoms with Gasteiger partial charge in [-0.1, -0.05) is 36.4 Å². The first-order chi connectivity index (χ1) is 18.0. The molecule has 1 amide bonds. The molecule has 2 aliphatic heterocycles. The van der Waals surface area contributed by atoms with E-state index in [-0.39, 0.29) is 11.9 Å². The van der Waals surface area contributed by atoms with Crippen LogP contribution in [0.15, 0.2) is 91.0 Å². The lowest BCUT2D eigenvalue weighted by Crippen LogP contribution is -2.33. The lowest BCUT2D eigenvalue weighted by atomic mass is 9.77. The van der Waals surface area contributed by atoms with E-state index in [1.54, 1.807) is 24.3 Å². The monoisotopic (exact) mass is 490 g/mol. The van der Waals surface area contributed by atoms with Gasteiger partial charge < -0.3 is 19.7 Å². The Labute approximate surface area is 215 Å². The van der Waals surface area contributed by atoms with E-state index < -0.39 is 5.60 Å². The van der Waals surface area contributed by atoms with E-state index in [0.29, 0.717) is 33.9 Å². The Balaban J connectivity index is 1.51. The molecule has 1 N–H and O–H groups in total. The average Bonchev–Trinajstić information content (AvgIpc) is 3.23. The van der Waals surface area contributed by atoms with E-state index in [9.17, 15) is 9.59 Å². The topological polar surface area (TPSA) is 67.9 Å². The highest BCUT2D eigenvalue weighted by atomic mass is 16.6. The maximum absolute atomic E-state index is 13.1. The highest BCUT2D eigenvalue weighted by Gasteiger charge is 2.53. The van der Waals surface area contributed by atoms with Crippen molar-refractivity contribution in [2.24, 2.45) is 0 Å². The van der Waals surface area contributed by atoms with Gasteiger partial charge in [0.15, 0.2) is 5.60 Å². The third-order valence-corrected chi connectivity index (χ3v) is 7.12. The number of anilines is 2. The van der Waals surface area contributed by atoms with Crippen LogP contribution in [0.4, 0.5) is 11.4 Å². The summed E-state index contributed by atoms with van der Waals surface area (Å²) in [6, 6.07) is 28.0. The second-order valence-corrected chi connectivity index (χ2v) is 9.10. The Hall–Kier alpha value is -4.58. The van der Waals surface area contributed by atoms with Crippen molar-refractivity contribution in [1.82, 2.24) is 0 Å². The molecule has 2 aliphatic rings. The Bertz CT molecular complexity index is 1530. The van der Waals surface area contributed by atoms with Gasteiger partial charge in [-0.3, -0.25) is 4.79 Å². The number of esters is 1. The number of ether oxygens (including phenoxy) is 2. The Morgan fingerprint density at radius 2 is 1.57 bits per heavy atom. The van der Waals surface area contributed by atoms with Crippen molar-refractivity contribution >= 4 is 23.3 Å². The average molecular weight is 491 g/mol. The van der Waals surface area contributed by atoms with Crippen LogP contribution >= 0.6 is 0 Å². The van der Waals surface area contributed by atoms with Crippen LogP contribution in [0.3, 0.4) is 0 Å². The zero-order chi connectivity index (χ0) is 25.6. The van der Waals surface area contributed by atoms with Gasteiger partial charge >= 0.3 is 5.97 Å². The standard InChI is InChI=1S/C31H26N2O4/c1-3-33(4-2)22-15-16-25-28(19-22)36-27-17-14-21(32-29(34)20-10-6-5-7-11-20)18-26(27)31(25)24-13-9-8-12-23(24)30(35)37-31/h5-19H,3-4H2,1-2H3,(H,32,34). The molecule has 1 unspecified atom stereocenters. The van der Waals surface area contributed by atoms with E-state index in [4.69, 9.17) is 9.47 Å². The van der Waals surface area contributed by atoms with Gasteiger partial charge in [-0.25, -0.2) is 4.79 Å². The summed E-state index contributed by atoms with van der Waals surface area (Å²) >= 11 is 0. The third-order valence-electron chi connectivity index (χ3n) is 7.12. The first-order valence-electron chi connectivity index (χ1n) is 12.5. The van der Waals surface area contributed by atoms with Crippen molar-refractivity contribution in [3.8, 4) is 11.5 Å². The van der Waals surface area contributed by atoms with E-state index in [0.717, 1.165) is 29.9 Å². The summed E-state index contributed by atoms with van der Waals surface area (Å²) in [5.41, 5.74) is 3.68. The number of fused-ring (bicyclic) bond motifs is 6. The Morgan fingerprint density at radius 1 is 0.811 bits per heavy atom. The molecular formula is C31H26N2O4. The smallest absolute Gasteiger partial charge is 0.340 e. The van der Waals surface area contributed by atoms with Crippen molar-refractivity contribution in [1.29, 1.82) is 0 Å². The molecule has 1 spiro atoms. The Kier molecular flexibility index (Phi) is 5.45. The van der Waals surface area contributed by atoms with Crippen LogP contribution in [0, 0.1) is 0 Å². The minimum absolute atomic E-state index is 0.223. The first kappa shape index (κ1) is 22.9. The fourth-order valence-electron chi connectivity index (χ4n) is 5.32. The summed E-state index contributed by atoms with van der Waals surface area (Å²) in [5.74, 6) is 0.606. The predicted octanol–water partition coefficient (Wildman–Crippen LogP) is 6.35. The zero-order valence-corrected chi connectivity index (χ0v) is 20.7. The Morgan fingerprint density at radius 3 is 2.35 bits per heavy atom. The van der Waals surface area contributed by atoms with Gasteiger partial charge in [0.1, 0.15) is 11.5 Å². The van der Waals surface area contributed by atoms with Crippen molar-refractivity contribution in [3.05, 3.63) is 119 Å². The molecule has 0 aliphatic carbocycles. The number of carbonyl (C=O) groups is 2. The van der Waals surface area contributed by atoms with Crippen molar-refractivity contribution in [2.75, 3.05) is 23.3 Å². The molecule has 0 saturated carbocycles. The van der Waals surface area contributed by atoms with E-state index >= 15 is 0 Å². The fraction of sp³-hybridized carbons (Fsp3) is 0.161. The molecule has 2 heterocycles. The van der Waals surface area contributed by atoms with Crippen LogP contribution in [-0.4, -0.2) is 25.0 Å². The lowest BCUT2D eigenvalue weighted by molar-refractivity contribution is 0.0224. The molecule has 1 atom stereocenters. The van der Waals surface area contributed by atoms with E-state index in [2.05, 4.69) is 24.1 Å². The minimum atomic E-state index is -1.19. The molecule has 6 nitrogen and oxygen atoms in total. The predicted molar refractivity (Wildman–Crippen MR) is 143 cm³/mol. The summed E-state index contributed by atoms with van der Waals surface area (Å²) in [4.78, 5) is 28.2. The molecule has 4 aromatic carbocycles. The van der Waals surface area contributed by atoms with Gasteiger partial charge in [0.2, 0.25) is 0 Å². The van der Waals surface area contributed by atoms with Crippen LogP contribution < -0.4 is 15.0 Å². The van der Waals surface area contributed by atoms with Crippen LogP contribution in [0.25, 0.3) is 0 Å². The van der Waals surface area contributed by atoms with Crippen molar-refractivity contribution in [2.45, 2.75) is 19.4 Å². The maximum Gasteiger partial charge on any atom is 0.340 e. The number of carbonyl (C=O) groups excluding carboxylic acids is 2. The molecule has 184 valence electrons. The van der Waals surface area contributed by atoms with Crippen LogP contribution in [0.2, 0.25) is 0 Å². The quantitative estimate of drug-likeness (QED) is 0.330.